The van der Waals surface area contributed by atoms with E-state index in [0.717, 1.165) is 6.26 Å². The van der Waals surface area contributed by atoms with E-state index in [1.165, 1.54) is 4.31 Å². The Bertz CT molecular complexity index is 912. The van der Waals surface area contributed by atoms with E-state index < -0.39 is 10.0 Å². The molecule has 0 spiro atoms. The Labute approximate surface area is 158 Å². The molecule has 1 amide bonds. The van der Waals surface area contributed by atoms with Crippen molar-refractivity contribution < 1.29 is 22.7 Å². The minimum Gasteiger partial charge on any atom is -0.486 e. The molecule has 27 heavy (non-hydrogen) atoms. The number of rotatable bonds is 6. The first-order valence-electron chi connectivity index (χ1n) is 8.63. The normalized spacial score (nSPS) is 15.9. The highest BCUT2D eigenvalue weighted by Gasteiger charge is 2.21. The number of amides is 1. The van der Waals surface area contributed by atoms with Gasteiger partial charge in [-0.1, -0.05) is 12.1 Å². The third-order valence-electron chi connectivity index (χ3n) is 4.16. The topological polar surface area (TPSA) is 84.9 Å². The van der Waals surface area contributed by atoms with Crippen LogP contribution in [0, 0.1) is 0 Å². The lowest BCUT2D eigenvalue weighted by atomic mass is 10.2. The molecule has 1 N–H and O–H groups in total. The summed E-state index contributed by atoms with van der Waals surface area (Å²) in [6.07, 6.45) is 0.880. The van der Waals surface area contributed by atoms with Crippen LogP contribution in [0.25, 0.3) is 0 Å². The second-order valence-corrected chi connectivity index (χ2v) is 8.09. The lowest BCUT2D eigenvalue weighted by Gasteiger charge is -2.26. The summed E-state index contributed by atoms with van der Waals surface area (Å²) < 4.78 is 36.2. The molecule has 144 valence electrons. The SMILES string of the molecule is CCN(c1ccc(C(=O)NCC2COc3ccccc3O2)cc1)S(C)(=O)=O. The van der Waals surface area contributed by atoms with Gasteiger partial charge in [0.2, 0.25) is 10.0 Å². The summed E-state index contributed by atoms with van der Waals surface area (Å²) >= 11 is 0. The number of para-hydroxylation sites is 2. The fraction of sp³-hybridized carbons (Fsp3) is 0.316. The predicted octanol–water partition coefficient (Wildman–Crippen LogP) is 2.04. The van der Waals surface area contributed by atoms with Gasteiger partial charge in [-0.15, -0.1) is 0 Å². The average molecular weight is 390 g/mol. The fourth-order valence-electron chi connectivity index (χ4n) is 2.86. The average Bonchev–Trinajstić information content (AvgIpc) is 2.66. The first-order valence-corrected chi connectivity index (χ1v) is 10.5. The molecule has 0 aliphatic carbocycles. The Morgan fingerprint density at radius 1 is 1.15 bits per heavy atom. The largest absolute Gasteiger partial charge is 0.486 e. The Balaban J connectivity index is 1.59. The molecule has 1 heterocycles. The van der Waals surface area contributed by atoms with Gasteiger partial charge in [-0.2, -0.15) is 0 Å². The predicted molar refractivity (Wildman–Crippen MR) is 103 cm³/mol. The van der Waals surface area contributed by atoms with E-state index in [9.17, 15) is 13.2 Å². The van der Waals surface area contributed by atoms with E-state index in [2.05, 4.69) is 5.32 Å². The number of carbonyl (C=O) groups excluding carboxylic acids is 1. The zero-order chi connectivity index (χ0) is 19.4. The number of nitrogens with one attached hydrogen (secondary N) is 1. The monoisotopic (exact) mass is 390 g/mol. The van der Waals surface area contributed by atoms with Gasteiger partial charge in [0.15, 0.2) is 11.5 Å². The van der Waals surface area contributed by atoms with Crippen LogP contribution < -0.4 is 19.1 Å². The molecule has 0 saturated heterocycles. The molecular weight excluding hydrogens is 368 g/mol. The van der Waals surface area contributed by atoms with Crippen molar-refractivity contribution in [1.82, 2.24) is 5.32 Å². The molecule has 2 aromatic carbocycles. The highest BCUT2D eigenvalue weighted by atomic mass is 32.2. The van der Waals surface area contributed by atoms with Gasteiger partial charge >= 0.3 is 0 Å². The quantitative estimate of drug-likeness (QED) is 0.816. The Morgan fingerprint density at radius 3 is 2.44 bits per heavy atom. The van der Waals surface area contributed by atoms with Crippen molar-refractivity contribution in [3.05, 3.63) is 54.1 Å². The van der Waals surface area contributed by atoms with E-state index in [-0.39, 0.29) is 12.0 Å². The Hall–Kier alpha value is -2.74. The summed E-state index contributed by atoms with van der Waals surface area (Å²) in [5.74, 6) is 1.10. The molecule has 1 atom stereocenters. The van der Waals surface area contributed by atoms with Gasteiger partial charge in [0.1, 0.15) is 12.7 Å². The van der Waals surface area contributed by atoms with Crippen LogP contribution in [0.4, 0.5) is 5.69 Å². The maximum atomic E-state index is 12.3. The number of carbonyl (C=O) groups is 1. The number of sulfonamides is 1. The van der Waals surface area contributed by atoms with Crippen molar-refractivity contribution in [3.8, 4) is 11.5 Å². The van der Waals surface area contributed by atoms with Gasteiger partial charge in [-0.25, -0.2) is 8.42 Å². The van der Waals surface area contributed by atoms with Crippen LogP contribution in [-0.2, 0) is 10.0 Å². The molecule has 1 aliphatic rings. The second kappa shape index (κ2) is 7.87. The molecule has 0 aromatic heterocycles. The number of hydrogen-bond donors (Lipinski definition) is 1. The first kappa shape index (κ1) is 19.0. The smallest absolute Gasteiger partial charge is 0.251 e. The van der Waals surface area contributed by atoms with Crippen molar-refractivity contribution >= 4 is 21.6 Å². The summed E-state index contributed by atoms with van der Waals surface area (Å²) in [4.78, 5) is 12.3. The van der Waals surface area contributed by atoms with Gasteiger partial charge < -0.3 is 14.8 Å². The summed E-state index contributed by atoms with van der Waals surface area (Å²) in [7, 11) is -3.35. The third kappa shape index (κ3) is 4.51. The highest BCUT2D eigenvalue weighted by molar-refractivity contribution is 7.92. The fourth-order valence-corrected chi connectivity index (χ4v) is 3.83. The molecule has 3 rings (SSSR count). The highest BCUT2D eigenvalue weighted by Crippen LogP contribution is 2.30. The lowest BCUT2D eigenvalue weighted by Crippen LogP contribution is -2.40. The summed E-state index contributed by atoms with van der Waals surface area (Å²) in [6.45, 7) is 2.74. The molecule has 0 saturated carbocycles. The number of ether oxygens (including phenoxy) is 2. The first-order chi connectivity index (χ1) is 12.9. The zero-order valence-electron chi connectivity index (χ0n) is 15.2. The van der Waals surface area contributed by atoms with Crippen LogP contribution >= 0.6 is 0 Å². The van der Waals surface area contributed by atoms with E-state index in [1.54, 1.807) is 31.2 Å². The molecule has 1 unspecified atom stereocenters. The van der Waals surface area contributed by atoms with Gasteiger partial charge in [0.05, 0.1) is 18.5 Å². The maximum Gasteiger partial charge on any atom is 0.251 e. The van der Waals surface area contributed by atoms with Crippen molar-refractivity contribution in [2.24, 2.45) is 0 Å². The van der Waals surface area contributed by atoms with E-state index >= 15 is 0 Å². The number of fused-ring (bicyclic) bond motifs is 1. The number of benzene rings is 2. The summed E-state index contributed by atoms with van der Waals surface area (Å²) in [5, 5.41) is 2.82. The van der Waals surface area contributed by atoms with Crippen LogP contribution in [0.1, 0.15) is 17.3 Å². The minimum absolute atomic E-state index is 0.258. The summed E-state index contributed by atoms with van der Waals surface area (Å²) in [6, 6.07) is 13.8. The van der Waals surface area contributed by atoms with Crippen LogP contribution in [0.15, 0.2) is 48.5 Å². The molecule has 0 radical (unpaired) electrons. The maximum absolute atomic E-state index is 12.3. The third-order valence-corrected chi connectivity index (χ3v) is 5.43. The van der Waals surface area contributed by atoms with Crippen molar-refractivity contribution in [2.45, 2.75) is 13.0 Å². The van der Waals surface area contributed by atoms with Gasteiger partial charge in [-0.05, 0) is 43.3 Å². The van der Waals surface area contributed by atoms with Crippen molar-refractivity contribution in [1.29, 1.82) is 0 Å². The van der Waals surface area contributed by atoms with Crippen LogP contribution in [-0.4, -0.2) is 46.4 Å². The van der Waals surface area contributed by atoms with E-state index in [1.807, 2.05) is 24.3 Å². The van der Waals surface area contributed by atoms with E-state index in [0.29, 0.717) is 42.4 Å². The number of nitrogens with zero attached hydrogens (tertiary/aromatic N) is 1. The molecule has 2 aromatic rings. The molecule has 0 fully saturated rings. The van der Waals surface area contributed by atoms with Crippen LogP contribution in [0.2, 0.25) is 0 Å². The second-order valence-electron chi connectivity index (χ2n) is 6.18. The standard InChI is InChI=1S/C19H22N2O5S/c1-3-21(27(2,23)24)15-10-8-14(9-11-15)19(22)20-12-16-13-25-17-6-4-5-7-18(17)26-16/h4-11,16H,3,12-13H2,1-2H3,(H,20,22). The van der Waals surface area contributed by atoms with Gasteiger partial charge in [-0.3, -0.25) is 9.10 Å². The lowest BCUT2D eigenvalue weighted by molar-refractivity contribution is 0.0789. The van der Waals surface area contributed by atoms with Crippen LogP contribution in [0.3, 0.4) is 0 Å². The van der Waals surface area contributed by atoms with Gasteiger partial charge in [0.25, 0.3) is 5.91 Å². The van der Waals surface area contributed by atoms with Crippen molar-refractivity contribution in [3.63, 3.8) is 0 Å². The molecule has 1 aliphatic heterocycles. The van der Waals surface area contributed by atoms with Crippen LogP contribution in [0.5, 0.6) is 11.5 Å². The number of anilines is 1. The van der Waals surface area contributed by atoms with E-state index in [4.69, 9.17) is 9.47 Å². The molecular formula is C19H22N2O5S. The van der Waals surface area contributed by atoms with Gasteiger partial charge in [0, 0.05) is 12.1 Å². The molecule has 8 heteroatoms. The van der Waals surface area contributed by atoms with Crippen molar-refractivity contribution in [2.75, 3.05) is 30.3 Å². The Kier molecular flexibility index (Phi) is 5.55. The summed E-state index contributed by atoms with van der Waals surface area (Å²) in [5.41, 5.74) is 0.970. The minimum atomic E-state index is -3.35. The zero-order valence-corrected chi connectivity index (χ0v) is 16.0. The molecule has 7 nitrogen and oxygen atoms in total. The number of hydrogen-bond acceptors (Lipinski definition) is 5. The molecule has 0 bridgehead atoms. The Morgan fingerprint density at radius 2 is 1.81 bits per heavy atom.